The Morgan fingerprint density at radius 3 is 2.54 bits per heavy atom. The van der Waals surface area contributed by atoms with Gasteiger partial charge >= 0.3 is 5.97 Å². The number of Topliss-reactive ketones (excluding diaryl/α,β-unsaturated/α-hetero) is 1. The Morgan fingerprint density at radius 2 is 2.00 bits per heavy atom. The lowest BCUT2D eigenvalue weighted by Gasteiger charge is -2.46. The molecule has 4 nitrogen and oxygen atoms in total. The fraction of sp³-hybridized carbons (Fsp3) is 0.600. The number of hydrogen-bond donors (Lipinski definition) is 1. The predicted octanol–water partition coefficient (Wildman–Crippen LogP) is 3.60. The lowest BCUT2D eigenvalue weighted by atomic mass is 9.63. The van der Waals surface area contributed by atoms with Crippen LogP contribution in [0.15, 0.2) is 18.2 Å². The summed E-state index contributed by atoms with van der Waals surface area (Å²) in [5.41, 5.74) is 1.59. The number of rotatable bonds is 5. The van der Waals surface area contributed by atoms with Crippen molar-refractivity contribution in [3.05, 3.63) is 34.9 Å². The molecule has 1 aromatic carbocycles. The van der Waals surface area contributed by atoms with E-state index in [9.17, 15) is 14.7 Å². The summed E-state index contributed by atoms with van der Waals surface area (Å²) in [4.78, 5) is 26.9. The van der Waals surface area contributed by atoms with Gasteiger partial charge in [-0.2, -0.15) is 0 Å². The summed E-state index contributed by atoms with van der Waals surface area (Å²) in [6, 6.07) is 4.85. The van der Waals surface area contributed by atoms with Crippen LogP contribution in [0, 0.1) is 11.8 Å². The zero-order valence-electron chi connectivity index (χ0n) is 15.0. The van der Waals surface area contributed by atoms with Gasteiger partial charge in [-0.05, 0) is 54.3 Å². The zero-order chi connectivity index (χ0) is 17.6. The molecule has 0 aliphatic heterocycles. The highest BCUT2D eigenvalue weighted by Gasteiger charge is 2.47. The molecule has 2 aliphatic rings. The molecule has 4 heteroatoms. The first kappa shape index (κ1) is 17.2. The number of benzene rings is 1. The molecular formula is C20H27NO3. The van der Waals surface area contributed by atoms with Crippen molar-refractivity contribution in [2.45, 2.75) is 52.0 Å². The van der Waals surface area contributed by atoms with Crippen LogP contribution in [-0.4, -0.2) is 40.9 Å². The number of likely N-dealkylation sites (N-methyl/N-ethyl adjacent to an activating group) is 1. The topological polar surface area (TPSA) is 57.6 Å². The molecular weight excluding hydrogens is 302 g/mol. The highest BCUT2D eigenvalue weighted by atomic mass is 16.4. The summed E-state index contributed by atoms with van der Waals surface area (Å²) >= 11 is 0. The van der Waals surface area contributed by atoms with Gasteiger partial charge in [0.2, 0.25) is 0 Å². The molecule has 0 aromatic heterocycles. The first-order valence-electron chi connectivity index (χ1n) is 8.93. The second-order valence-electron chi connectivity index (χ2n) is 7.92. The Morgan fingerprint density at radius 1 is 1.33 bits per heavy atom. The maximum absolute atomic E-state index is 13.2. The summed E-state index contributed by atoms with van der Waals surface area (Å²) in [5, 5.41) is 9.28. The van der Waals surface area contributed by atoms with Crippen molar-refractivity contribution >= 4 is 11.8 Å². The highest BCUT2D eigenvalue weighted by molar-refractivity contribution is 6.04. The van der Waals surface area contributed by atoms with E-state index in [1.807, 2.05) is 0 Å². The molecule has 2 aliphatic carbocycles. The number of ketones is 1. The number of hydrogen-bond acceptors (Lipinski definition) is 3. The van der Waals surface area contributed by atoms with Crippen LogP contribution in [0.25, 0.3) is 0 Å². The van der Waals surface area contributed by atoms with E-state index in [1.165, 1.54) is 12.8 Å². The van der Waals surface area contributed by atoms with Gasteiger partial charge in [0.05, 0.1) is 11.6 Å². The first-order valence-corrected chi connectivity index (χ1v) is 8.93. The number of carbonyl (C=O) groups is 2. The van der Waals surface area contributed by atoms with E-state index in [4.69, 9.17) is 0 Å². The first-order chi connectivity index (χ1) is 11.3. The van der Waals surface area contributed by atoms with Gasteiger partial charge in [-0.25, -0.2) is 4.79 Å². The second-order valence-corrected chi connectivity index (χ2v) is 7.92. The standard InChI is InChI=1S/C20H27NO3/c1-5-21(11-13-6-7-13)17-12(2)20(3,4)16-10-14(19(23)24)8-9-15(16)18(17)22/h8-10,12-13,17H,5-7,11H2,1-4H3,(H,23,24)/t12-,17?/m0/s1. The third kappa shape index (κ3) is 2.77. The van der Waals surface area contributed by atoms with Crippen LogP contribution < -0.4 is 0 Å². The Labute approximate surface area is 143 Å². The molecule has 1 saturated carbocycles. The van der Waals surface area contributed by atoms with E-state index in [1.54, 1.807) is 18.2 Å². The van der Waals surface area contributed by atoms with Crippen molar-refractivity contribution in [1.82, 2.24) is 4.90 Å². The van der Waals surface area contributed by atoms with Gasteiger partial charge in [0.15, 0.2) is 5.78 Å². The zero-order valence-corrected chi connectivity index (χ0v) is 15.0. The molecule has 130 valence electrons. The lowest BCUT2D eigenvalue weighted by Crippen LogP contribution is -2.55. The monoisotopic (exact) mass is 329 g/mol. The Hall–Kier alpha value is -1.68. The Bertz CT molecular complexity index is 675. The number of fused-ring (bicyclic) bond motifs is 1. The van der Waals surface area contributed by atoms with Crippen LogP contribution in [-0.2, 0) is 5.41 Å². The molecule has 3 rings (SSSR count). The van der Waals surface area contributed by atoms with Crippen LogP contribution in [0.1, 0.15) is 66.8 Å². The van der Waals surface area contributed by atoms with Crippen LogP contribution in [0.5, 0.6) is 0 Å². The average Bonchev–Trinajstić information content (AvgIpc) is 3.36. The van der Waals surface area contributed by atoms with E-state index in [0.29, 0.717) is 5.56 Å². The molecule has 0 bridgehead atoms. The molecule has 0 saturated heterocycles. The molecule has 1 fully saturated rings. The van der Waals surface area contributed by atoms with Crippen molar-refractivity contribution < 1.29 is 14.7 Å². The fourth-order valence-corrected chi connectivity index (χ4v) is 4.01. The van der Waals surface area contributed by atoms with E-state index >= 15 is 0 Å². The van der Waals surface area contributed by atoms with E-state index in [0.717, 1.165) is 24.6 Å². The highest BCUT2D eigenvalue weighted by Crippen LogP contribution is 2.44. The third-order valence-electron chi connectivity index (χ3n) is 6.10. The minimum atomic E-state index is -0.945. The van der Waals surface area contributed by atoms with Crippen molar-refractivity contribution in [1.29, 1.82) is 0 Å². The van der Waals surface area contributed by atoms with Gasteiger partial charge in [0.25, 0.3) is 0 Å². The van der Waals surface area contributed by atoms with Crippen molar-refractivity contribution in [2.75, 3.05) is 13.1 Å². The van der Waals surface area contributed by atoms with Crippen molar-refractivity contribution in [3.8, 4) is 0 Å². The number of carboxylic acids is 1. The maximum atomic E-state index is 13.2. The van der Waals surface area contributed by atoms with Crippen LogP contribution in [0.2, 0.25) is 0 Å². The SMILES string of the molecule is CCN(CC1CC1)C1C(=O)c2ccc(C(=O)O)cc2C(C)(C)[C@H]1C. The quantitative estimate of drug-likeness (QED) is 0.897. The lowest BCUT2D eigenvalue weighted by molar-refractivity contribution is 0.0591. The smallest absolute Gasteiger partial charge is 0.335 e. The average molecular weight is 329 g/mol. The van der Waals surface area contributed by atoms with Crippen LogP contribution in [0.3, 0.4) is 0 Å². The minimum Gasteiger partial charge on any atom is -0.478 e. The predicted molar refractivity (Wildman–Crippen MR) is 93.7 cm³/mol. The van der Waals surface area contributed by atoms with Gasteiger partial charge in [-0.3, -0.25) is 9.69 Å². The van der Waals surface area contributed by atoms with Crippen molar-refractivity contribution in [2.24, 2.45) is 11.8 Å². The fourth-order valence-electron chi connectivity index (χ4n) is 4.01. The van der Waals surface area contributed by atoms with E-state index < -0.39 is 5.97 Å². The Balaban J connectivity index is 2.04. The van der Waals surface area contributed by atoms with Gasteiger partial charge in [-0.1, -0.05) is 33.8 Å². The van der Waals surface area contributed by atoms with E-state index in [2.05, 4.69) is 32.6 Å². The molecule has 0 amide bonds. The third-order valence-corrected chi connectivity index (χ3v) is 6.10. The number of carboxylic acid groups (broad SMARTS) is 1. The molecule has 24 heavy (non-hydrogen) atoms. The van der Waals surface area contributed by atoms with Crippen LogP contribution >= 0.6 is 0 Å². The molecule has 0 spiro atoms. The number of carbonyl (C=O) groups excluding carboxylic acids is 1. The Kier molecular flexibility index (Phi) is 4.28. The summed E-state index contributed by atoms with van der Waals surface area (Å²) < 4.78 is 0. The van der Waals surface area contributed by atoms with Crippen LogP contribution in [0.4, 0.5) is 0 Å². The molecule has 0 heterocycles. The number of aromatic carboxylic acids is 1. The summed E-state index contributed by atoms with van der Waals surface area (Å²) in [6.07, 6.45) is 2.54. The number of nitrogens with zero attached hydrogens (tertiary/aromatic N) is 1. The van der Waals surface area contributed by atoms with Gasteiger partial charge in [0.1, 0.15) is 0 Å². The summed E-state index contributed by atoms with van der Waals surface area (Å²) in [5.74, 6) is 0.0834. The maximum Gasteiger partial charge on any atom is 0.335 e. The second kappa shape index (κ2) is 5.99. The molecule has 2 atom stereocenters. The van der Waals surface area contributed by atoms with E-state index in [-0.39, 0.29) is 28.7 Å². The van der Waals surface area contributed by atoms with Gasteiger partial charge < -0.3 is 5.11 Å². The molecule has 1 N–H and O–H groups in total. The van der Waals surface area contributed by atoms with Gasteiger partial charge in [0, 0.05) is 12.1 Å². The minimum absolute atomic E-state index is 0.117. The summed E-state index contributed by atoms with van der Waals surface area (Å²) in [7, 11) is 0. The molecule has 0 radical (unpaired) electrons. The van der Waals surface area contributed by atoms with Gasteiger partial charge in [-0.15, -0.1) is 0 Å². The molecule has 1 aromatic rings. The van der Waals surface area contributed by atoms with Crippen molar-refractivity contribution in [3.63, 3.8) is 0 Å². The molecule has 1 unspecified atom stereocenters. The largest absolute Gasteiger partial charge is 0.478 e. The normalized spacial score (nSPS) is 25.6. The summed E-state index contributed by atoms with van der Waals surface area (Å²) in [6.45, 7) is 10.4.